The lowest BCUT2D eigenvalue weighted by molar-refractivity contribution is 0.468. The minimum Gasteiger partial charge on any atom is -0.365 e. The summed E-state index contributed by atoms with van der Waals surface area (Å²) in [4.78, 5) is 4.25. The van der Waals surface area contributed by atoms with Crippen molar-refractivity contribution < 1.29 is 0 Å². The molecule has 2 rings (SSSR count). The van der Waals surface area contributed by atoms with E-state index in [1.807, 2.05) is 35.7 Å². The first-order valence-electron chi connectivity index (χ1n) is 5.46. The molecule has 0 saturated heterocycles. The van der Waals surface area contributed by atoms with Gasteiger partial charge in [0.15, 0.2) is 0 Å². The van der Waals surface area contributed by atoms with Crippen molar-refractivity contribution in [1.29, 1.82) is 0 Å². The van der Waals surface area contributed by atoms with Gasteiger partial charge in [-0.25, -0.2) is 4.98 Å². The first kappa shape index (κ1) is 11.0. The van der Waals surface area contributed by atoms with Crippen molar-refractivity contribution in [3.05, 3.63) is 30.6 Å². The number of hydrogen-bond donors (Lipinski definition) is 2. The Labute approximate surface area is 95.5 Å². The standard InChI is InChI=1S/C12H18N4/c1-9(13)12(2,3)15-11-6-4-5-10-14-7-8-16(10)11/h4-9,15H,13H2,1-3H3. The average Bonchev–Trinajstić information content (AvgIpc) is 2.65. The predicted molar refractivity (Wildman–Crippen MR) is 66.5 cm³/mol. The third kappa shape index (κ3) is 1.88. The highest BCUT2D eigenvalue weighted by atomic mass is 15.1. The van der Waals surface area contributed by atoms with Gasteiger partial charge in [-0.3, -0.25) is 4.40 Å². The van der Waals surface area contributed by atoms with Crippen LogP contribution in [0.15, 0.2) is 30.6 Å². The van der Waals surface area contributed by atoms with E-state index in [0.717, 1.165) is 11.5 Å². The molecule has 16 heavy (non-hydrogen) atoms. The molecule has 1 atom stereocenters. The van der Waals surface area contributed by atoms with Crippen LogP contribution in [0.5, 0.6) is 0 Å². The lowest BCUT2D eigenvalue weighted by Gasteiger charge is -2.31. The lowest BCUT2D eigenvalue weighted by Crippen LogP contribution is -2.47. The summed E-state index contributed by atoms with van der Waals surface area (Å²) < 4.78 is 2.02. The molecule has 2 aromatic heterocycles. The van der Waals surface area contributed by atoms with Crippen molar-refractivity contribution in [1.82, 2.24) is 9.38 Å². The molecule has 4 heteroatoms. The van der Waals surface area contributed by atoms with Crippen LogP contribution in [0.4, 0.5) is 5.82 Å². The number of anilines is 1. The number of nitrogens with zero attached hydrogens (tertiary/aromatic N) is 2. The number of fused-ring (bicyclic) bond motifs is 1. The van der Waals surface area contributed by atoms with Gasteiger partial charge < -0.3 is 11.1 Å². The third-order valence-corrected chi connectivity index (χ3v) is 3.02. The summed E-state index contributed by atoms with van der Waals surface area (Å²) in [6, 6.07) is 6.05. The number of nitrogens with one attached hydrogen (secondary N) is 1. The van der Waals surface area contributed by atoms with Crippen LogP contribution in [0.25, 0.3) is 5.65 Å². The second-order valence-corrected chi connectivity index (χ2v) is 4.70. The van der Waals surface area contributed by atoms with Crippen LogP contribution in [-0.4, -0.2) is 21.0 Å². The molecule has 0 fully saturated rings. The molecule has 0 spiro atoms. The number of pyridine rings is 1. The minimum absolute atomic E-state index is 0.0614. The van der Waals surface area contributed by atoms with Gasteiger partial charge in [-0.1, -0.05) is 6.07 Å². The Morgan fingerprint density at radius 1 is 1.44 bits per heavy atom. The molecule has 0 amide bonds. The van der Waals surface area contributed by atoms with Gasteiger partial charge in [0.2, 0.25) is 0 Å². The highest BCUT2D eigenvalue weighted by Gasteiger charge is 2.23. The Morgan fingerprint density at radius 3 is 2.88 bits per heavy atom. The first-order chi connectivity index (χ1) is 7.50. The number of aromatic nitrogens is 2. The van der Waals surface area contributed by atoms with E-state index in [1.165, 1.54) is 0 Å². The van der Waals surface area contributed by atoms with Crippen molar-refractivity contribution in [2.45, 2.75) is 32.4 Å². The molecule has 1 unspecified atom stereocenters. The van der Waals surface area contributed by atoms with Crippen molar-refractivity contribution in [3.63, 3.8) is 0 Å². The monoisotopic (exact) mass is 218 g/mol. The SMILES string of the molecule is CC(N)C(C)(C)Nc1cccc2nccn12. The van der Waals surface area contributed by atoms with E-state index < -0.39 is 0 Å². The van der Waals surface area contributed by atoms with Crippen LogP contribution in [0, 0.1) is 0 Å². The zero-order valence-electron chi connectivity index (χ0n) is 9.94. The number of hydrogen-bond acceptors (Lipinski definition) is 3. The zero-order chi connectivity index (χ0) is 11.8. The zero-order valence-corrected chi connectivity index (χ0v) is 9.94. The van der Waals surface area contributed by atoms with Crippen LogP contribution >= 0.6 is 0 Å². The second kappa shape index (κ2) is 3.79. The molecule has 0 radical (unpaired) electrons. The summed E-state index contributed by atoms with van der Waals surface area (Å²) in [6.07, 6.45) is 3.73. The summed E-state index contributed by atoms with van der Waals surface area (Å²) in [7, 11) is 0. The van der Waals surface area contributed by atoms with Gasteiger partial charge in [0.1, 0.15) is 11.5 Å². The average molecular weight is 218 g/mol. The van der Waals surface area contributed by atoms with E-state index in [2.05, 4.69) is 24.1 Å². The minimum atomic E-state index is -0.154. The number of imidazole rings is 1. The Kier molecular flexibility index (Phi) is 2.59. The van der Waals surface area contributed by atoms with Gasteiger partial charge >= 0.3 is 0 Å². The molecule has 0 aliphatic carbocycles. The fraction of sp³-hybridized carbons (Fsp3) is 0.417. The molecule has 3 N–H and O–H groups in total. The van der Waals surface area contributed by atoms with Crippen molar-refractivity contribution in [2.75, 3.05) is 5.32 Å². The fourth-order valence-corrected chi connectivity index (χ4v) is 1.49. The van der Waals surface area contributed by atoms with Crippen LogP contribution in [-0.2, 0) is 0 Å². The van der Waals surface area contributed by atoms with E-state index in [1.54, 1.807) is 6.20 Å². The maximum absolute atomic E-state index is 5.95. The summed E-state index contributed by atoms with van der Waals surface area (Å²) in [5.74, 6) is 1.01. The van der Waals surface area contributed by atoms with Gasteiger partial charge in [-0.15, -0.1) is 0 Å². The van der Waals surface area contributed by atoms with E-state index in [9.17, 15) is 0 Å². The van der Waals surface area contributed by atoms with Gasteiger partial charge in [0, 0.05) is 24.0 Å². The Balaban J connectivity index is 2.37. The lowest BCUT2D eigenvalue weighted by atomic mass is 9.97. The quantitative estimate of drug-likeness (QED) is 0.827. The molecule has 0 aliphatic heterocycles. The van der Waals surface area contributed by atoms with E-state index in [-0.39, 0.29) is 11.6 Å². The Morgan fingerprint density at radius 2 is 2.19 bits per heavy atom. The molecule has 0 saturated carbocycles. The van der Waals surface area contributed by atoms with E-state index in [0.29, 0.717) is 0 Å². The van der Waals surface area contributed by atoms with Gasteiger partial charge in [0.25, 0.3) is 0 Å². The molecule has 86 valence electrons. The molecular formula is C12H18N4. The summed E-state index contributed by atoms with van der Waals surface area (Å²) in [5, 5.41) is 3.44. The van der Waals surface area contributed by atoms with Crippen LogP contribution in [0.2, 0.25) is 0 Å². The molecular weight excluding hydrogens is 200 g/mol. The maximum atomic E-state index is 5.95. The molecule has 4 nitrogen and oxygen atoms in total. The highest BCUT2D eigenvalue weighted by Crippen LogP contribution is 2.18. The van der Waals surface area contributed by atoms with Crippen molar-refractivity contribution in [2.24, 2.45) is 5.73 Å². The normalized spacial score (nSPS) is 14.0. The maximum Gasteiger partial charge on any atom is 0.138 e. The van der Waals surface area contributed by atoms with Crippen LogP contribution in [0.3, 0.4) is 0 Å². The molecule has 0 aromatic carbocycles. The second-order valence-electron chi connectivity index (χ2n) is 4.70. The predicted octanol–water partition coefficient (Wildman–Crippen LogP) is 1.87. The van der Waals surface area contributed by atoms with E-state index >= 15 is 0 Å². The smallest absolute Gasteiger partial charge is 0.138 e. The summed E-state index contributed by atoms with van der Waals surface area (Å²) in [6.45, 7) is 6.18. The Hall–Kier alpha value is -1.55. The largest absolute Gasteiger partial charge is 0.365 e. The van der Waals surface area contributed by atoms with Gasteiger partial charge in [-0.2, -0.15) is 0 Å². The number of nitrogens with two attached hydrogens (primary N) is 1. The van der Waals surface area contributed by atoms with E-state index in [4.69, 9.17) is 5.73 Å². The Bertz CT molecular complexity index is 484. The molecule has 0 aliphatic rings. The summed E-state index contributed by atoms with van der Waals surface area (Å²) in [5.41, 5.74) is 6.73. The molecule has 2 aromatic rings. The first-order valence-corrected chi connectivity index (χ1v) is 5.46. The fourth-order valence-electron chi connectivity index (χ4n) is 1.49. The van der Waals surface area contributed by atoms with Crippen molar-refractivity contribution in [3.8, 4) is 0 Å². The summed E-state index contributed by atoms with van der Waals surface area (Å²) >= 11 is 0. The van der Waals surface area contributed by atoms with Gasteiger partial charge in [-0.05, 0) is 32.9 Å². The number of rotatable bonds is 3. The van der Waals surface area contributed by atoms with Crippen molar-refractivity contribution >= 4 is 11.5 Å². The topological polar surface area (TPSA) is 55.3 Å². The molecule has 0 bridgehead atoms. The van der Waals surface area contributed by atoms with Crippen LogP contribution in [0.1, 0.15) is 20.8 Å². The third-order valence-electron chi connectivity index (χ3n) is 3.02. The van der Waals surface area contributed by atoms with Gasteiger partial charge in [0.05, 0.1) is 0 Å². The highest BCUT2D eigenvalue weighted by molar-refractivity contribution is 5.51. The molecule has 2 heterocycles. The van der Waals surface area contributed by atoms with Crippen LogP contribution < -0.4 is 11.1 Å².